The summed E-state index contributed by atoms with van der Waals surface area (Å²) in [5, 5.41) is 8.63. The zero-order chi connectivity index (χ0) is 14.3. The number of carbonyl (C=O) groups excluding carboxylic acids is 2. The van der Waals surface area contributed by atoms with Crippen molar-refractivity contribution in [2.45, 2.75) is 26.4 Å². The Morgan fingerprint density at radius 1 is 1.42 bits per heavy atom. The van der Waals surface area contributed by atoms with Gasteiger partial charge in [0.2, 0.25) is 0 Å². The molecule has 106 valence electrons. The third kappa shape index (κ3) is 6.41. The molecule has 0 unspecified atom stereocenters. The second kappa shape index (κ2) is 6.74. The topological polar surface area (TPSA) is 105 Å². The van der Waals surface area contributed by atoms with Crippen molar-refractivity contribution in [2.75, 3.05) is 13.2 Å². The third-order valence-electron chi connectivity index (χ3n) is 1.80. The lowest BCUT2D eigenvalue weighted by molar-refractivity contribution is 0.0284. The van der Waals surface area contributed by atoms with E-state index in [0.29, 0.717) is 5.56 Å². The number of amides is 2. The van der Waals surface area contributed by atoms with Crippen LogP contribution in [0.15, 0.2) is 12.4 Å². The minimum Gasteiger partial charge on any atom is -0.444 e. The smallest absolute Gasteiger partial charge is 0.407 e. The van der Waals surface area contributed by atoms with Gasteiger partial charge in [0.05, 0.1) is 18.4 Å². The molecular weight excluding hydrogens is 252 g/mol. The van der Waals surface area contributed by atoms with Gasteiger partial charge in [0.1, 0.15) is 5.60 Å². The van der Waals surface area contributed by atoms with Crippen LogP contribution in [0, 0.1) is 0 Å². The highest BCUT2D eigenvalue weighted by molar-refractivity contribution is 5.92. The van der Waals surface area contributed by atoms with Crippen molar-refractivity contribution in [3.63, 3.8) is 0 Å². The van der Waals surface area contributed by atoms with Gasteiger partial charge in [0.15, 0.2) is 0 Å². The summed E-state index contributed by atoms with van der Waals surface area (Å²) in [6.45, 7) is 5.67. The normalized spacial score (nSPS) is 10.9. The van der Waals surface area contributed by atoms with Gasteiger partial charge >= 0.3 is 6.09 Å². The molecular formula is C11H18N4O4. The van der Waals surface area contributed by atoms with E-state index in [1.54, 1.807) is 20.8 Å². The lowest BCUT2D eigenvalue weighted by Crippen LogP contribution is -2.35. The third-order valence-corrected chi connectivity index (χ3v) is 1.80. The van der Waals surface area contributed by atoms with E-state index in [-0.39, 0.29) is 13.2 Å². The van der Waals surface area contributed by atoms with Gasteiger partial charge in [-0.25, -0.2) is 10.3 Å². The van der Waals surface area contributed by atoms with E-state index >= 15 is 0 Å². The second-order valence-corrected chi connectivity index (χ2v) is 4.70. The number of aromatic nitrogens is 2. The minimum atomic E-state index is -0.541. The summed E-state index contributed by atoms with van der Waals surface area (Å²) in [5.41, 5.74) is 2.04. The van der Waals surface area contributed by atoms with Gasteiger partial charge in [0, 0.05) is 12.7 Å². The number of aromatic amines is 1. The fourth-order valence-corrected chi connectivity index (χ4v) is 1.07. The second-order valence-electron chi connectivity index (χ2n) is 4.70. The number of H-pyrrole nitrogens is 1. The van der Waals surface area contributed by atoms with E-state index in [1.165, 1.54) is 12.4 Å². The monoisotopic (exact) mass is 270 g/mol. The molecule has 0 spiro atoms. The Kier molecular flexibility index (Phi) is 5.31. The molecule has 3 N–H and O–H groups in total. The molecule has 0 aliphatic carbocycles. The highest BCUT2D eigenvalue weighted by Crippen LogP contribution is 2.05. The van der Waals surface area contributed by atoms with Gasteiger partial charge in [-0.05, 0) is 20.8 Å². The van der Waals surface area contributed by atoms with Gasteiger partial charge < -0.3 is 10.1 Å². The maximum Gasteiger partial charge on any atom is 0.407 e. The summed E-state index contributed by atoms with van der Waals surface area (Å²) < 4.78 is 5.02. The fourth-order valence-electron chi connectivity index (χ4n) is 1.07. The largest absolute Gasteiger partial charge is 0.444 e. The number of carbonyl (C=O) groups is 2. The highest BCUT2D eigenvalue weighted by atomic mass is 16.7. The zero-order valence-corrected chi connectivity index (χ0v) is 11.1. The number of nitrogens with zero attached hydrogens (tertiary/aromatic N) is 1. The number of rotatable bonds is 5. The Labute approximate surface area is 110 Å². The van der Waals surface area contributed by atoms with Crippen LogP contribution in [-0.2, 0) is 9.57 Å². The van der Waals surface area contributed by atoms with E-state index in [1.807, 2.05) is 0 Å². The molecule has 0 bridgehead atoms. The van der Waals surface area contributed by atoms with Crippen molar-refractivity contribution in [2.24, 2.45) is 0 Å². The van der Waals surface area contributed by atoms with Crippen LogP contribution in [0.5, 0.6) is 0 Å². The molecule has 0 aromatic carbocycles. The first-order chi connectivity index (χ1) is 8.88. The van der Waals surface area contributed by atoms with Crippen molar-refractivity contribution < 1.29 is 19.2 Å². The van der Waals surface area contributed by atoms with Gasteiger partial charge in [-0.2, -0.15) is 5.10 Å². The summed E-state index contributed by atoms with van der Waals surface area (Å²) in [6.07, 6.45) is 2.28. The van der Waals surface area contributed by atoms with Crippen molar-refractivity contribution in [3.05, 3.63) is 18.0 Å². The van der Waals surface area contributed by atoms with Gasteiger partial charge in [0.25, 0.3) is 5.91 Å². The van der Waals surface area contributed by atoms with Crippen LogP contribution >= 0.6 is 0 Å². The average Bonchev–Trinajstić information content (AvgIpc) is 2.79. The molecule has 1 heterocycles. The summed E-state index contributed by atoms with van der Waals surface area (Å²) in [5.74, 6) is -0.411. The quantitative estimate of drug-likeness (QED) is 0.536. The molecule has 19 heavy (non-hydrogen) atoms. The maximum absolute atomic E-state index is 11.4. The Bertz CT molecular complexity index is 411. The van der Waals surface area contributed by atoms with E-state index in [4.69, 9.17) is 9.57 Å². The number of hydroxylamine groups is 1. The van der Waals surface area contributed by atoms with Crippen molar-refractivity contribution in [1.29, 1.82) is 0 Å². The minimum absolute atomic E-state index is 0.128. The van der Waals surface area contributed by atoms with Crippen LogP contribution in [-0.4, -0.2) is 41.0 Å². The summed E-state index contributed by atoms with van der Waals surface area (Å²) >= 11 is 0. The van der Waals surface area contributed by atoms with Gasteiger partial charge in [-0.15, -0.1) is 0 Å². The summed E-state index contributed by atoms with van der Waals surface area (Å²) in [6, 6.07) is 0. The maximum atomic E-state index is 11.4. The van der Waals surface area contributed by atoms with Gasteiger partial charge in [-0.1, -0.05) is 0 Å². The van der Waals surface area contributed by atoms with E-state index < -0.39 is 17.6 Å². The van der Waals surface area contributed by atoms with Crippen LogP contribution in [0.4, 0.5) is 4.79 Å². The zero-order valence-electron chi connectivity index (χ0n) is 11.1. The Hall–Kier alpha value is -2.09. The lowest BCUT2D eigenvalue weighted by Gasteiger charge is -2.19. The molecule has 0 aliphatic rings. The lowest BCUT2D eigenvalue weighted by atomic mass is 10.2. The molecule has 0 radical (unpaired) electrons. The molecule has 0 atom stereocenters. The molecule has 1 aromatic heterocycles. The molecule has 0 aliphatic heterocycles. The van der Waals surface area contributed by atoms with Crippen molar-refractivity contribution in [1.82, 2.24) is 21.0 Å². The number of ether oxygens (including phenoxy) is 1. The van der Waals surface area contributed by atoms with Crippen LogP contribution in [0.2, 0.25) is 0 Å². The molecule has 1 rings (SSSR count). The standard InChI is InChI=1S/C11H18N4O4/c1-11(2,3)19-10(17)12-4-5-18-15-9(16)8-6-13-14-7-8/h6-7H,4-5H2,1-3H3,(H,12,17)(H,13,14)(H,15,16). The SMILES string of the molecule is CC(C)(C)OC(=O)NCCONC(=O)c1cn[nH]c1. The highest BCUT2D eigenvalue weighted by Gasteiger charge is 2.15. The molecule has 1 aromatic rings. The number of hydrogen-bond acceptors (Lipinski definition) is 5. The Morgan fingerprint density at radius 2 is 2.16 bits per heavy atom. The molecule has 2 amide bonds. The first-order valence-electron chi connectivity index (χ1n) is 5.76. The first kappa shape index (κ1) is 15.0. The summed E-state index contributed by atoms with van der Waals surface area (Å²) in [7, 11) is 0. The number of nitrogens with one attached hydrogen (secondary N) is 3. The van der Waals surface area contributed by atoms with E-state index in [0.717, 1.165) is 0 Å². The fraction of sp³-hybridized carbons (Fsp3) is 0.545. The molecule has 0 saturated carbocycles. The molecule has 8 nitrogen and oxygen atoms in total. The predicted molar refractivity (Wildman–Crippen MR) is 66.2 cm³/mol. The van der Waals surface area contributed by atoms with E-state index in [9.17, 15) is 9.59 Å². The van der Waals surface area contributed by atoms with Crippen LogP contribution in [0.25, 0.3) is 0 Å². The predicted octanol–water partition coefficient (Wildman–Crippen LogP) is 0.596. The Morgan fingerprint density at radius 3 is 2.74 bits per heavy atom. The first-order valence-corrected chi connectivity index (χ1v) is 5.76. The average molecular weight is 270 g/mol. The van der Waals surface area contributed by atoms with Crippen molar-refractivity contribution >= 4 is 12.0 Å². The number of alkyl carbamates (subject to hydrolysis) is 1. The van der Waals surface area contributed by atoms with Crippen LogP contribution in [0.1, 0.15) is 31.1 Å². The van der Waals surface area contributed by atoms with Crippen LogP contribution < -0.4 is 10.8 Å². The molecule has 0 fully saturated rings. The van der Waals surface area contributed by atoms with Crippen molar-refractivity contribution in [3.8, 4) is 0 Å². The van der Waals surface area contributed by atoms with Gasteiger partial charge in [-0.3, -0.25) is 14.7 Å². The molecule has 0 saturated heterocycles. The molecule has 8 heteroatoms. The van der Waals surface area contributed by atoms with Crippen LogP contribution in [0.3, 0.4) is 0 Å². The van der Waals surface area contributed by atoms with E-state index in [2.05, 4.69) is 21.0 Å². The Balaban J connectivity index is 2.09. The number of hydrogen-bond donors (Lipinski definition) is 3. The summed E-state index contributed by atoms with van der Waals surface area (Å²) in [4.78, 5) is 27.5.